The number of hydrogen-bond acceptors (Lipinski definition) is 8. The van der Waals surface area contributed by atoms with Crippen molar-refractivity contribution < 1.29 is 40.4 Å². The summed E-state index contributed by atoms with van der Waals surface area (Å²) in [6.45, 7) is 1.69. The molecule has 0 fully saturated rings. The van der Waals surface area contributed by atoms with Gasteiger partial charge >= 0.3 is 0 Å². The molecular formula is C2H7BO8. The number of rotatable bonds is 7. The molecule has 0 bridgehead atoms. The van der Waals surface area contributed by atoms with Crippen LogP contribution in [0.5, 0.6) is 0 Å². The van der Waals surface area contributed by atoms with E-state index in [4.69, 9.17) is 5.26 Å². The Bertz CT molecular complexity index is 76.5. The molecule has 0 aliphatic carbocycles. The Morgan fingerprint density at radius 2 is 1.64 bits per heavy atom. The van der Waals surface area contributed by atoms with Gasteiger partial charge in [-0.05, 0) is 37.2 Å². The summed E-state index contributed by atoms with van der Waals surface area (Å²) >= 11 is 0. The summed E-state index contributed by atoms with van der Waals surface area (Å²) in [6.07, 6.45) is 0. The van der Waals surface area contributed by atoms with Gasteiger partial charge in [0.2, 0.25) is 0 Å². The second kappa shape index (κ2) is 7.85. The maximum Gasteiger partial charge on any atom is 0.143 e. The molecular weight excluding hydrogens is 163 g/mol. The van der Waals surface area contributed by atoms with E-state index in [-0.39, 0.29) is 6.00 Å². The first kappa shape index (κ1) is 10.7. The standard InChI is InChI=1S/C2H7BO8/c1-2(3)5-7-9-11-10-8-6-4/h2,4H,3H2,1H3. The molecule has 9 heteroatoms. The molecule has 0 radical (unpaired) electrons. The molecule has 0 saturated carbocycles. The summed E-state index contributed by atoms with van der Waals surface area (Å²) < 4.78 is 0. The summed E-state index contributed by atoms with van der Waals surface area (Å²) in [5, 5.41) is 28.3. The van der Waals surface area contributed by atoms with Crippen LogP contribution >= 0.6 is 0 Å². The van der Waals surface area contributed by atoms with E-state index in [0.29, 0.717) is 0 Å². The Kier molecular flexibility index (Phi) is 7.67. The summed E-state index contributed by atoms with van der Waals surface area (Å²) in [5.41, 5.74) is 0. The molecule has 0 rings (SSSR count). The van der Waals surface area contributed by atoms with Crippen molar-refractivity contribution in [2.75, 3.05) is 0 Å². The minimum atomic E-state index is -0.200. The van der Waals surface area contributed by atoms with E-state index in [9.17, 15) is 0 Å². The van der Waals surface area contributed by atoms with E-state index < -0.39 is 0 Å². The Morgan fingerprint density at radius 3 is 2.18 bits per heavy atom. The van der Waals surface area contributed by atoms with Crippen molar-refractivity contribution >= 4 is 7.85 Å². The Balaban J connectivity index is 2.80. The fraction of sp³-hybridized carbons (Fsp3) is 1.00. The smallest absolute Gasteiger partial charge is 0.143 e. The summed E-state index contributed by atoms with van der Waals surface area (Å²) in [6, 6.07) is -0.200. The molecule has 0 spiro atoms. The molecule has 0 aliphatic rings. The summed E-state index contributed by atoms with van der Waals surface area (Å²) in [4.78, 5) is 4.34. The van der Waals surface area contributed by atoms with Crippen LogP contribution in [0.25, 0.3) is 0 Å². The van der Waals surface area contributed by atoms with E-state index in [0.717, 1.165) is 0 Å². The molecule has 1 atom stereocenters. The van der Waals surface area contributed by atoms with Crippen LogP contribution in [-0.2, 0) is 35.1 Å². The molecule has 0 aliphatic heterocycles. The SMILES string of the molecule is BC(C)OOOOOOOO. The van der Waals surface area contributed by atoms with Crippen LogP contribution in [0.3, 0.4) is 0 Å². The highest BCUT2D eigenvalue weighted by Gasteiger charge is 1.96. The second-order valence-corrected chi connectivity index (χ2v) is 1.56. The molecule has 0 heterocycles. The molecule has 1 unspecified atom stereocenters. The molecule has 0 aromatic carbocycles. The zero-order chi connectivity index (χ0) is 8.53. The average molecular weight is 170 g/mol. The second-order valence-electron chi connectivity index (χ2n) is 1.56. The Labute approximate surface area is 62.4 Å². The van der Waals surface area contributed by atoms with Crippen molar-refractivity contribution in [3.05, 3.63) is 0 Å². The van der Waals surface area contributed by atoms with Crippen LogP contribution in [0, 0.1) is 0 Å². The molecule has 0 aromatic rings. The van der Waals surface area contributed by atoms with Crippen LogP contribution in [0.1, 0.15) is 6.92 Å². The Hall–Kier alpha value is -0.255. The van der Waals surface area contributed by atoms with Crippen LogP contribution in [0.15, 0.2) is 0 Å². The van der Waals surface area contributed by atoms with E-state index in [1.807, 2.05) is 0 Å². The van der Waals surface area contributed by atoms with E-state index in [1.165, 1.54) is 0 Å². The first-order valence-electron chi connectivity index (χ1n) is 2.57. The van der Waals surface area contributed by atoms with Crippen LogP contribution in [0.2, 0.25) is 0 Å². The van der Waals surface area contributed by atoms with Gasteiger partial charge in [0.1, 0.15) is 7.85 Å². The first-order chi connectivity index (χ1) is 5.27. The van der Waals surface area contributed by atoms with Gasteiger partial charge in [0.25, 0.3) is 0 Å². The monoisotopic (exact) mass is 170 g/mol. The highest BCUT2D eigenvalue weighted by atomic mass is 17.9. The minimum absolute atomic E-state index is 0.200. The third-order valence-electron chi connectivity index (χ3n) is 0.373. The lowest BCUT2D eigenvalue weighted by Gasteiger charge is -2.01. The van der Waals surface area contributed by atoms with Crippen LogP contribution in [0.4, 0.5) is 0 Å². The fourth-order valence-corrected chi connectivity index (χ4v) is 0.141. The van der Waals surface area contributed by atoms with Gasteiger partial charge in [0.15, 0.2) is 0 Å². The lowest BCUT2D eigenvalue weighted by Crippen LogP contribution is -2.09. The van der Waals surface area contributed by atoms with Crippen molar-refractivity contribution in [1.29, 1.82) is 0 Å². The minimum Gasteiger partial charge on any atom is -0.219 e. The Morgan fingerprint density at radius 1 is 1.09 bits per heavy atom. The van der Waals surface area contributed by atoms with Crippen molar-refractivity contribution in [2.24, 2.45) is 0 Å². The van der Waals surface area contributed by atoms with Gasteiger partial charge in [-0.1, -0.05) is 0 Å². The largest absolute Gasteiger partial charge is 0.219 e. The fourth-order valence-electron chi connectivity index (χ4n) is 0.141. The third-order valence-corrected chi connectivity index (χ3v) is 0.373. The summed E-state index contributed by atoms with van der Waals surface area (Å²) in [5.74, 6) is 0. The molecule has 0 saturated heterocycles. The maximum absolute atomic E-state index is 7.46. The lowest BCUT2D eigenvalue weighted by molar-refractivity contribution is -0.812. The molecule has 0 amide bonds. The summed E-state index contributed by atoms with van der Waals surface area (Å²) in [7, 11) is 1.69. The molecule has 66 valence electrons. The van der Waals surface area contributed by atoms with Gasteiger partial charge in [-0.15, -0.1) is 0 Å². The van der Waals surface area contributed by atoms with Gasteiger partial charge in [-0.25, -0.2) is 10.1 Å². The third kappa shape index (κ3) is 9.74. The van der Waals surface area contributed by atoms with Gasteiger partial charge in [-0.3, -0.25) is 0 Å². The highest BCUT2D eigenvalue weighted by Crippen LogP contribution is 1.89. The van der Waals surface area contributed by atoms with E-state index >= 15 is 0 Å². The lowest BCUT2D eigenvalue weighted by atomic mass is 10.0. The van der Waals surface area contributed by atoms with Crippen molar-refractivity contribution in [3.8, 4) is 0 Å². The van der Waals surface area contributed by atoms with Crippen molar-refractivity contribution in [3.63, 3.8) is 0 Å². The quantitative estimate of drug-likeness (QED) is 0.226. The highest BCUT2D eigenvalue weighted by molar-refractivity contribution is 6.10. The van der Waals surface area contributed by atoms with Gasteiger partial charge in [-0.2, -0.15) is 0 Å². The average Bonchev–Trinajstić information content (AvgIpc) is 1.96. The molecule has 0 aromatic heterocycles. The number of hydrogen-bond donors (Lipinski definition) is 1. The first-order valence-corrected chi connectivity index (χ1v) is 2.57. The predicted octanol–water partition coefficient (Wildman–Crippen LogP) is -0.955. The zero-order valence-electron chi connectivity index (χ0n) is 5.88. The van der Waals surface area contributed by atoms with Crippen molar-refractivity contribution in [2.45, 2.75) is 12.9 Å². The normalized spacial score (nSPS) is 13.3. The molecule has 8 nitrogen and oxygen atoms in total. The molecule has 1 N–H and O–H groups in total. The van der Waals surface area contributed by atoms with Gasteiger partial charge < -0.3 is 0 Å². The maximum atomic E-state index is 7.46. The van der Waals surface area contributed by atoms with Crippen molar-refractivity contribution in [1.82, 2.24) is 0 Å². The van der Waals surface area contributed by atoms with Crippen LogP contribution < -0.4 is 0 Å². The van der Waals surface area contributed by atoms with Gasteiger partial charge in [0.05, 0.1) is 6.00 Å². The topological polar surface area (TPSA) is 84.8 Å². The predicted molar refractivity (Wildman–Crippen MR) is 28.2 cm³/mol. The van der Waals surface area contributed by atoms with Gasteiger partial charge in [0, 0.05) is 0 Å². The van der Waals surface area contributed by atoms with Crippen LogP contribution in [-0.4, -0.2) is 19.1 Å². The van der Waals surface area contributed by atoms with E-state index in [2.05, 4.69) is 35.1 Å². The van der Waals surface area contributed by atoms with E-state index in [1.54, 1.807) is 14.8 Å². The zero-order valence-corrected chi connectivity index (χ0v) is 5.88. The molecule has 11 heavy (non-hydrogen) atoms.